The van der Waals surface area contributed by atoms with Crippen LogP contribution in [-0.2, 0) is 9.59 Å². The van der Waals surface area contributed by atoms with Crippen molar-refractivity contribution >= 4 is 51.7 Å². The molecule has 194 valence electrons. The first-order chi connectivity index (χ1) is 18.3. The lowest BCUT2D eigenvalue weighted by Crippen LogP contribution is -2.25. The number of thioether (sulfide) groups is 1. The number of aryl methyl sites for hydroxylation is 2. The number of aliphatic imine (C=N–C) groups is 1. The van der Waals surface area contributed by atoms with Crippen LogP contribution in [0.1, 0.15) is 41.1 Å². The number of carbonyl (C=O) groups is 2. The number of benzene rings is 3. The third kappa shape index (κ3) is 5.61. The van der Waals surface area contributed by atoms with E-state index in [1.54, 1.807) is 12.1 Å². The number of anilines is 1. The summed E-state index contributed by atoms with van der Waals surface area (Å²) in [6, 6.07) is 20.9. The van der Waals surface area contributed by atoms with Crippen molar-refractivity contribution in [3.63, 3.8) is 0 Å². The summed E-state index contributed by atoms with van der Waals surface area (Å²) < 4.78 is 5.44. The van der Waals surface area contributed by atoms with E-state index in [1.165, 1.54) is 11.8 Å². The van der Waals surface area contributed by atoms with Crippen LogP contribution in [-0.4, -0.2) is 40.1 Å². The number of amidine groups is 1. The molecule has 0 spiro atoms. The molecule has 38 heavy (non-hydrogen) atoms. The lowest BCUT2D eigenvalue weighted by molar-refractivity contribution is -0.121. The van der Waals surface area contributed by atoms with Crippen LogP contribution in [0.25, 0.3) is 0 Å². The zero-order valence-corrected chi connectivity index (χ0v) is 22.8. The van der Waals surface area contributed by atoms with Crippen molar-refractivity contribution < 1.29 is 14.3 Å². The highest BCUT2D eigenvalue weighted by Crippen LogP contribution is 2.39. The highest BCUT2D eigenvalue weighted by molar-refractivity contribution is 8.15. The van der Waals surface area contributed by atoms with E-state index >= 15 is 0 Å². The predicted octanol–water partition coefficient (Wildman–Crippen LogP) is 6.14. The molecule has 7 nitrogen and oxygen atoms in total. The van der Waals surface area contributed by atoms with Crippen LogP contribution in [0.15, 0.2) is 76.8 Å². The SMILES string of the molecule is COc1cccc(C2CC(c3ccc(Cl)cc3)=NN2C2=NC(=O)C(CC(=O)Nc3ccc(C)c(C)c3)S2)c1. The van der Waals surface area contributed by atoms with E-state index in [0.29, 0.717) is 22.3 Å². The van der Waals surface area contributed by atoms with Gasteiger partial charge in [-0.15, -0.1) is 0 Å². The molecule has 0 saturated heterocycles. The van der Waals surface area contributed by atoms with Crippen LogP contribution in [0.3, 0.4) is 0 Å². The monoisotopic (exact) mass is 546 g/mol. The van der Waals surface area contributed by atoms with Gasteiger partial charge >= 0.3 is 0 Å². The van der Waals surface area contributed by atoms with Gasteiger partial charge in [0.1, 0.15) is 11.0 Å². The number of nitrogens with one attached hydrogen (secondary N) is 1. The third-order valence-corrected chi connectivity index (χ3v) is 8.05. The van der Waals surface area contributed by atoms with E-state index in [1.807, 2.05) is 80.6 Å². The molecule has 2 heterocycles. The average Bonchev–Trinajstić information content (AvgIpc) is 3.50. The van der Waals surface area contributed by atoms with Crippen molar-refractivity contribution in [3.8, 4) is 5.75 Å². The summed E-state index contributed by atoms with van der Waals surface area (Å²) in [6.07, 6.45) is 0.634. The number of hydrogen-bond donors (Lipinski definition) is 1. The maximum Gasteiger partial charge on any atom is 0.262 e. The molecule has 2 aliphatic rings. The number of ether oxygens (including phenoxy) is 1. The van der Waals surface area contributed by atoms with Crippen LogP contribution in [0.4, 0.5) is 5.69 Å². The quantitative estimate of drug-likeness (QED) is 0.401. The summed E-state index contributed by atoms with van der Waals surface area (Å²) in [5, 5.41) is 10.1. The van der Waals surface area contributed by atoms with Gasteiger partial charge in [0.2, 0.25) is 5.91 Å². The Balaban J connectivity index is 1.36. The molecule has 1 N–H and O–H groups in total. The number of nitrogens with zero attached hydrogens (tertiary/aromatic N) is 3. The number of halogens is 1. The molecule has 0 fully saturated rings. The van der Waals surface area contributed by atoms with Crippen molar-refractivity contribution in [2.24, 2.45) is 10.1 Å². The van der Waals surface area contributed by atoms with Crippen LogP contribution < -0.4 is 10.1 Å². The lowest BCUT2D eigenvalue weighted by Gasteiger charge is -2.23. The van der Waals surface area contributed by atoms with Gasteiger partial charge in [-0.3, -0.25) is 9.59 Å². The molecular formula is C29H27ClN4O3S. The maximum atomic E-state index is 12.9. The summed E-state index contributed by atoms with van der Waals surface area (Å²) in [7, 11) is 1.63. The normalized spacial score (nSPS) is 18.8. The minimum atomic E-state index is -0.614. The lowest BCUT2D eigenvalue weighted by atomic mass is 9.98. The maximum absolute atomic E-state index is 12.9. The van der Waals surface area contributed by atoms with Gasteiger partial charge in [-0.05, 0) is 72.5 Å². The molecule has 2 amide bonds. The zero-order chi connectivity index (χ0) is 26.8. The molecule has 9 heteroatoms. The van der Waals surface area contributed by atoms with Crippen molar-refractivity contribution in [2.45, 2.75) is 38.0 Å². The molecule has 0 saturated carbocycles. The summed E-state index contributed by atoms with van der Waals surface area (Å²) in [4.78, 5) is 30.0. The molecule has 0 bridgehead atoms. The Kier molecular flexibility index (Phi) is 7.53. The molecule has 2 aliphatic heterocycles. The second kappa shape index (κ2) is 11.0. The molecule has 0 aromatic heterocycles. The van der Waals surface area contributed by atoms with Crippen molar-refractivity contribution in [1.29, 1.82) is 0 Å². The second-order valence-corrected chi connectivity index (χ2v) is 10.9. The predicted molar refractivity (Wildman–Crippen MR) is 153 cm³/mol. The fraction of sp³-hybridized carbons (Fsp3) is 0.241. The second-order valence-electron chi connectivity index (χ2n) is 9.29. The minimum Gasteiger partial charge on any atom is -0.497 e. The van der Waals surface area contributed by atoms with E-state index in [0.717, 1.165) is 33.7 Å². The van der Waals surface area contributed by atoms with E-state index in [2.05, 4.69) is 10.3 Å². The van der Waals surface area contributed by atoms with E-state index in [-0.39, 0.29) is 24.3 Å². The molecule has 3 aromatic carbocycles. The highest BCUT2D eigenvalue weighted by Gasteiger charge is 2.39. The fourth-order valence-electron chi connectivity index (χ4n) is 4.42. The topological polar surface area (TPSA) is 83.4 Å². The zero-order valence-electron chi connectivity index (χ0n) is 21.3. The number of carbonyl (C=O) groups excluding carboxylic acids is 2. The van der Waals surface area contributed by atoms with Crippen LogP contribution in [0.2, 0.25) is 5.02 Å². The summed E-state index contributed by atoms with van der Waals surface area (Å²) in [6.45, 7) is 4.01. The van der Waals surface area contributed by atoms with Crippen molar-refractivity contribution in [1.82, 2.24) is 5.01 Å². The number of methoxy groups -OCH3 is 1. The smallest absolute Gasteiger partial charge is 0.262 e. The van der Waals surface area contributed by atoms with Crippen molar-refractivity contribution in [2.75, 3.05) is 12.4 Å². The first kappa shape index (κ1) is 26.0. The molecular weight excluding hydrogens is 520 g/mol. The van der Waals surface area contributed by atoms with Gasteiger partial charge in [0.15, 0.2) is 5.17 Å². The summed E-state index contributed by atoms with van der Waals surface area (Å²) in [5.74, 6) is 0.173. The first-order valence-corrected chi connectivity index (χ1v) is 13.5. The van der Waals surface area contributed by atoms with E-state index < -0.39 is 5.25 Å². The molecule has 0 radical (unpaired) electrons. The van der Waals surface area contributed by atoms with Crippen LogP contribution in [0.5, 0.6) is 5.75 Å². The summed E-state index contributed by atoms with van der Waals surface area (Å²) >= 11 is 7.37. The first-order valence-electron chi connectivity index (χ1n) is 12.2. The highest BCUT2D eigenvalue weighted by atomic mass is 35.5. The van der Waals surface area contributed by atoms with Gasteiger partial charge < -0.3 is 10.1 Å². The number of hydrazone groups is 1. The Bertz CT molecular complexity index is 1450. The molecule has 3 aromatic rings. The Morgan fingerprint density at radius 3 is 2.63 bits per heavy atom. The number of rotatable bonds is 6. The molecule has 5 rings (SSSR count). The van der Waals surface area contributed by atoms with E-state index in [9.17, 15) is 9.59 Å². The third-order valence-electron chi connectivity index (χ3n) is 6.65. The standard InChI is InChI=1S/C29H27ClN4O3S/c1-17-7-12-22(13-18(17)2)31-27(35)16-26-28(36)32-29(38-26)34-25(20-5-4-6-23(14-20)37-3)15-24(33-34)19-8-10-21(30)11-9-19/h4-14,25-26H,15-16H2,1-3H3,(H,31,35). The van der Waals surface area contributed by atoms with Gasteiger partial charge in [-0.1, -0.05) is 53.7 Å². The Hall–Kier alpha value is -3.62. The largest absolute Gasteiger partial charge is 0.497 e. The fourth-order valence-corrected chi connectivity index (χ4v) is 5.60. The molecule has 2 unspecified atom stereocenters. The number of amides is 2. The summed E-state index contributed by atoms with van der Waals surface area (Å²) in [5.41, 5.74) is 5.75. The van der Waals surface area contributed by atoms with Gasteiger partial charge in [-0.2, -0.15) is 10.1 Å². The van der Waals surface area contributed by atoms with Crippen LogP contribution >= 0.6 is 23.4 Å². The Morgan fingerprint density at radius 1 is 1.11 bits per heavy atom. The molecule has 2 atom stereocenters. The molecule has 0 aliphatic carbocycles. The minimum absolute atomic E-state index is 0.0227. The van der Waals surface area contributed by atoms with Gasteiger partial charge in [-0.25, -0.2) is 5.01 Å². The number of hydrogen-bond acceptors (Lipinski definition) is 6. The average molecular weight is 547 g/mol. The van der Waals surface area contributed by atoms with Gasteiger partial charge in [0.05, 0.1) is 18.9 Å². The van der Waals surface area contributed by atoms with Gasteiger partial charge in [0.25, 0.3) is 5.91 Å². The van der Waals surface area contributed by atoms with Gasteiger partial charge in [0, 0.05) is 23.6 Å². The Morgan fingerprint density at radius 2 is 1.89 bits per heavy atom. The van der Waals surface area contributed by atoms with Crippen LogP contribution in [0, 0.1) is 13.8 Å². The van der Waals surface area contributed by atoms with Crippen molar-refractivity contribution in [3.05, 3.63) is 94.0 Å². The van der Waals surface area contributed by atoms with E-state index in [4.69, 9.17) is 21.4 Å². The Labute approximate surface area is 230 Å².